The molecule has 0 spiro atoms. The quantitative estimate of drug-likeness (QED) is 0.702. The Hall–Kier alpha value is 1.11. The SMILES string of the molecule is C[SiH](C)[CH](c1ccccc1)[Sn]([Cl])([Cl])[Cl]. The van der Waals surface area contributed by atoms with Crippen molar-refractivity contribution in [2.24, 2.45) is 0 Å². The molecule has 1 rings (SSSR count). The molecule has 0 aliphatic rings. The number of hydrogen-bond acceptors (Lipinski definition) is 0. The van der Waals surface area contributed by atoms with Gasteiger partial charge in [0.25, 0.3) is 0 Å². The molecule has 0 amide bonds. The van der Waals surface area contributed by atoms with Gasteiger partial charge in [-0.15, -0.1) is 0 Å². The van der Waals surface area contributed by atoms with E-state index in [4.69, 9.17) is 26.8 Å². The van der Waals surface area contributed by atoms with Crippen molar-refractivity contribution >= 4 is 50.6 Å². The second-order valence-electron chi connectivity index (χ2n) is 3.67. The molecule has 78 valence electrons. The molecule has 1 aromatic carbocycles. The molecule has 0 aromatic heterocycles. The van der Waals surface area contributed by atoms with Crippen LogP contribution in [-0.2, 0) is 0 Å². The Morgan fingerprint density at radius 3 is 1.93 bits per heavy atom. The van der Waals surface area contributed by atoms with Crippen LogP contribution >= 0.6 is 26.8 Å². The van der Waals surface area contributed by atoms with E-state index in [2.05, 4.69) is 25.2 Å². The molecule has 0 heterocycles. The van der Waals surface area contributed by atoms with Crippen molar-refractivity contribution in [1.29, 1.82) is 0 Å². The normalized spacial score (nSPS) is 14.4. The summed E-state index contributed by atoms with van der Waals surface area (Å²) in [7, 11) is 17.7. The fraction of sp³-hybridized carbons (Fsp3) is 0.333. The Morgan fingerprint density at radius 2 is 1.57 bits per heavy atom. The number of halogens is 3. The number of benzene rings is 1. The summed E-state index contributed by atoms with van der Waals surface area (Å²) in [6.45, 7) is 4.49. The van der Waals surface area contributed by atoms with E-state index in [1.54, 1.807) is 0 Å². The van der Waals surface area contributed by atoms with Gasteiger partial charge in [-0.1, -0.05) is 0 Å². The van der Waals surface area contributed by atoms with Crippen molar-refractivity contribution < 1.29 is 0 Å². The summed E-state index contributed by atoms with van der Waals surface area (Å²) in [6, 6.07) is 10.2. The molecule has 14 heavy (non-hydrogen) atoms. The van der Waals surface area contributed by atoms with E-state index in [1.807, 2.05) is 18.2 Å². The average molecular weight is 374 g/mol. The maximum atomic E-state index is 6.20. The molecule has 0 bridgehead atoms. The fourth-order valence-electron chi connectivity index (χ4n) is 1.61. The maximum absolute atomic E-state index is 6.20. The van der Waals surface area contributed by atoms with Gasteiger partial charge < -0.3 is 0 Å². The summed E-state index contributed by atoms with van der Waals surface area (Å²) in [5.74, 6) is 0. The van der Waals surface area contributed by atoms with E-state index >= 15 is 0 Å². The van der Waals surface area contributed by atoms with Crippen LogP contribution in [0.1, 0.15) is 9.12 Å². The molecule has 0 radical (unpaired) electrons. The zero-order chi connectivity index (χ0) is 10.8. The van der Waals surface area contributed by atoms with Crippen molar-refractivity contribution in [3.8, 4) is 0 Å². The van der Waals surface area contributed by atoms with Crippen LogP contribution in [0.4, 0.5) is 0 Å². The predicted octanol–water partition coefficient (Wildman–Crippen LogP) is 3.99. The monoisotopic (exact) mass is 374 g/mol. The van der Waals surface area contributed by atoms with Gasteiger partial charge >= 0.3 is 103 Å². The first kappa shape index (κ1) is 13.2. The first-order valence-electron chi connectivity index (χ1n) is 4.54. The van der Waals surface area contributed by atoms with Crippen LogP contribution in [-0.4, -0.2) is 23.8 Å². The Labute approximate surface area is 102 Å². The van der Waals surface area contributed by atoms with E-state index in [1.165, 1.54) is 5.56 Å². The van der Waals surface area contributed by atoms with Gasteiger partial charge in [-0.05, 0) is 0 Å². The summed E-state index contributed by atoms with van der Waals surface area (Å²) in [4.78, 5) is 0. The summed E-state index contributed by atoms with van der Waals surface area (Å²) in [5, 5.41) is 0. The van der Waals surface area contributed by atoms with Gasteiger partial charge in [0.1, 0.15) is 0 Å². The van der Waals surface area contributed by atoms with E-state index in [9.17, 15) is 0 Å². The molecule has 0 N–H and O–H groups in total. The molecule has 1 atom stereocenters. The van der Waals surface area contributed by atoms with Gasteiger partial charge in [-0.25, -0.2) is 0 Å². The minimum atomic E-state index is -3.35. The average Bonchev–Trinajstić information content (AvgIpc) is 2.02. The standard InChI is InChI=1S/C9H13Si.3ClH.Sn/c1-10(2)8-9-6-4-3-5-7-9;;;;/h3-8,10H,1-2H3;3*1H;/q;;;;+3/p-3. The second kappa shape index (κ2) is 5.44. The molecule has 1 unspecified atom stereocenters. The van der Waals surface area contributed by atoms with Crippen LogP contribution in [0.5, 0.6) is 0 Å². The molecule has 0 aliphatic carbocycles. The first-order valence-corrected chi connectivity index (χ1v) is 20.0. The predicted molar refractivity (Wildman–Crippen MR) is 71.4 cm³/mol. The van der Waals surface area contributed by atoms with Crippen LogP contribution in [0, 0.1) is 0 Å². The van der Waals surface area contributed by atoms with Gasteiger partial charge in [-0.3, -0.25) is 0 Å². The third kappa shape index (κ3) is 3.60. The topological polar surface area (TPSA) is 0 Å². The Morgan fingerprint density at radius 1 is 1.07 bits per heavy atom. The van der Waals surface area contributed by atoms with Crippen molar-refractivity contribution in [3.05, 3.63) is 35.9 Å². The van der Waals surface area contributed by atoms with Crippen molar-refractivity contribution in [2.75, 3.05) is 0 Å². The minimum absolute atomic E-state index is 0.287. The van der Waals surface area contributed by atoms with E-state index < -0.39 is 23.8 Å². The third-order valence-electron chi connectivity index (χ3n) is 2.18. The molecule has 0 fully saturated rings. The van der Waals surface area contributed by atoms with Gasteiger partial charge in [0.15, 0.2) is 0 Å². The molecule has 0 nitrogen and oxygen atoms in total. The summed E-state index contributed by atoms with van der Waals surface area (Å²) in [5.41, 5.74) is 1.23. The van der Waals surface area contributed by atoms with Crippen molar-refractivity contribution in [2.45, 2.75) is 16.7 Å². The van der Waals surface area contributed by atoms with Gasteiger partial charge in [0.2, 0.25) is 0 Å². The summed E-state index contributed by atoms with van der Waals surface area (Å²) in [6.07, 6.45) is 0. The van der Waals surface area contributed by atoms with Crippen LogP contribution in [0.2, 0.25) is 13.1 Å². The van der Waals surface area contributed by atoms with Gasteiger partial charge in [0.05, 0.1) is 0 Å². The number of rotatable bonds is 3. The van der Waals surface area contributed by atoms with E-state index in [0.29, 0.717) is 0 Å². The van der Waals surface area contributed by atoms with Crippen LogP contribution in [0.15, 0.2) is 30.3 Å². The summed E-state index contributed by atoms with van der Waals surface area (Å²) >= 11 is -3.35. The van der Waals surface area contributed by atoms with Crippen molar-refractivity contribution in [1.82, 2.24) is 0 Å². The van der Waals surface area contributed by atoms with E-state index in [-0.39, 0.29) is 3.56 Å². The Balaban J connectivity index is 3.02. The Kier molecular flexibility index (Phi) is 5.12. The molecule has 5 heteroatoms. The molecule has 0 aliphatic heterocycles. The Bertz CT molecular complexity index is 284. The summed E-state index contributed by atoms with van der Waals surface area (Å²) < 4.78 is 0.287. The zero-order valence-corrected chi connectivity index (χ0v) is 14.5. The van der Waals surface area contributed by atoms with Crippen LogP contribution in [0.3, 0.4) is 0 Å². The zero-order valence-electron chi connectivity index (χ0n) is 8.18. The molecule has 1 aromatic rings. The fourth-order valence-corrected chi connectivity index (χ4v) is 29.2. The third-order valence-corrected chi connectivity index (χ3v) is 24.9. The number of hydrogen-bond donors (Lipinski definition) is 0. The molecule has 0 saturated carbocycles. The van der Waals surface area contributed by atoms with Crippen molar-refractivity contribution in [3.63, 3.8) is 0 Å². The molecular weight excluding hydrogens is 361 g/mol. The van der Waals surface area contributed by atoms with Gasteiger partial charge in [-0.2, -0.15) is 0 Å². The first-order chi connectivity index (χ1) is 6.43. The van der Waals surface area contributed by atoms with Gasteiger partial charge in [0, 0.05) is 0 Å². The second-order valence-corrected chi connectivity index (χ2v) is 29.5. The van der Waals surface area contributed by atoms with Crippen LogP contribution in [0.25, 0.3) is 0 Å². The van der Waals surface area contributed by atoms with E-state index in [0.717, 1.165) is 0 Å². The van der Waals surface area contributed by atoms with Crippen LogP contribution < -0.4 is 0 Å². The molecular formula is C9H13Cl3SiSn. The molecule has 0 saturated heterocycles.